The maximum Gasteiger partial charge on any atom is 0.243 e. The van der Waals surface area contributed by atoms with E-state index in [4.69, 9.17) is 16.8 Å². The van der Waals surface area contributed by atoms with E-state index in [1.165, 1.54) is 6.20 Å². The average molecular weight is 658 g/mol. The highest BCUT2D eigenvalue weighted by Crippen LogP contribution is 2.31. The molecular formula is C31H40ClN7O5S. The summed E-state index contributed by atoms with van der Waals surface area (Å²) in [6.07, 6.45) is 5.51. The first-order valence-corrected chi connectivity index (χ1v) is 17.0. The Balaban J connectivity index is 1.29. The monoisotopic (exact) mass is 657 g/mol. The molecule has 1 aliphatic rings. The molecule has 2 heterocycles. The molecule has 0 saturated carbocycles. The third-order valence-corrected chi connectivity index (χ3v) is 10.2. The maximum absolute atomic E-state index is 12.9. The zero-order valence-electron chi connectivity index (χ0n) is 25.4. The summed E-state index contributed by atoms with van der Waals surface area (Å²) in [5.41, 5.74) is 3.82. The van der Waals surface area contributed by atoms with E-state index < -0.39 is 21.0 Å². The number of carbonyl (C=O) groups is 2. The highest BCUT2D eigenvalue weighted by molar-refractivity contribution is 7.92. The van der Waals surface area contributed by atoms with Gasteiger partial charge in [-0.05, 0) is 75.9 Å². The number of piperidine rings is 1. The van der Waals surface area contributed by atoms with Crippen LogP contribution in [0, 0.1) is 5.92 Å². The molecule has 0 atom stereocenters. The number of carbonyl (C=O) groups excluding carboxylic acids is 2. The summed E-state index contributed by atoms with van der Waals surface area (Å²) in [5.74, 6) is 0.224. The normalized spacial score (nSPS) is 13.8. The van der Waals surface area contributed by atoms with E-state index in [9.17, 15) is 18.0 Å². The van der Waals surface area contributed by atoms with Gasteiger partial charge in [-0.2, -0.15) is 4.98 Å². The van der Waals surface area contributed by atoms with Gasteiger partial charge in [-0.25, -0.2) is 18.9 Å². The van der Waals surface area contributed by atoms with E-state index in [0.717, 1.165) is 50.1 Å². The fourth-order valence-corrected chi connectivity index (χ4v) is 6.34. The number of sulfone groups is 1. The lowest BCUT2D eigenvalue weighted by molar-refractivity contribution is -0.129. The van der Waals surface area contributed by atoms with Crippen LogP contribution in [0.2, 0.25) is 5.02 Å². The lowest BCUT2D eigenvalue weighted by atomic mass is 9.95. The number of halogens is 1. The van der Waals surface area contributed by atoms with E-state index in [2.05, 4.69) is 30.8 Å². The second kappa shape index (κ2) is 15.9. The summed E-state index contributed by atoms with van der Waals surface area (Å²) >= 11 is 6.36. The van der Waals surface area contributed by atoms with E-state index >= 15 is 0 Å². The van der Waals surface area contributed by atoms with Gasteiger partial charge >= 0.3 is 0 Å². The van der Waals surface area contributed by atoms with Crippen LogP contribution < -0.4 is 26.3 Å². The Labute approximate surface area is 268 Å². The number of nitrogens with one attached hydrogen (secondary N) is 4. The highest BCUT2D eigenvalue weighted by Gasteiger charge is 2.25. The van der Waals surface area contributed by atoms with Crippen LogP contribution in [0.3, 0.4) is 0 Å². The number of rotatable bonds is 14. The molecular weight excluding hydrogens is 618 g/mol. The standard InChI is InChI=1S/C31H40ClN7O5S/c1-21(2)45(43,44)27-9-6-5-8-26(27)36-29-25(32)20-34-31(37-29)35-23-11-13-24(14-12-23)39-18-15-22(16-19-39)30(41)33-17-7-3-4-10-28(40)38-42/h5-6,8-9,11-14,20-22,42H,3-4,7,10,15-19H2,1-2H3,(H,33,41)(H,38,40)(H2,34,35,36,37). The van der Waals surface area contributed by atoms with E-state index in [0.29, 0.717) is 24.6 Å². The predicted molar refractivity (Wildman–Crippen MR) is 175 cm³/mol. The van der Waals surface area contributed by atoms with Crippen molar-refractivity contribution in [1.82, 2.24) is 20.8 Å². The van der Waals surface area contributed by atoms with Crippen molar-refractivity contribution in [2.45, 2.75) is 62.5 Å². The molecule has 1 saturated heterocycles. The van der Waals surface area contributed by atoms with Gasteiger partial charge in [0.05, 0.1) is 22.0 Å². The molecule has 0 bridgehead atoms. The summed E-state index contributed by atoms with van der Waals surface area (Å²) in [6.45, 7) is 5.39. The van der Waals surface area contributed by atoms with Gasteiger partial charge in [0.1, 0.15) is 5.02 Å². The molecule has 3 aromatic rings. The van der Waals surface area contributed by atoms with E-state index in [-0.39, 0.29) is 34.0 Å². The number of amides is 2. The second-order valence-corrected chi connectivity index (χ2v) is 14.1. The number of aromatic nitrogens is 2. The average Bonchev–Trinajstić information content (AvgIpc) is 3.04. The van der Waals surface area contributed by atoms with Gasteiger partial charge in [0.25, 0.3) is 0 Å². The van der Waals surface area contributed by atoms with Crippen molar-refractivity contribution >= 4 is 62.1 Å². The van der Waals surface area contributed by atoms with Crippen LogP contribution in [0.15, 0.2) is 59.6 Å². The smallest absolute Gasteiger partial charge is 0.243 e. The van der Waals surface area contributed by atoms with Gasteiger partial charge in [0, 0.05) is 43.3 Å². The number of para-hydroxylation sites is 1. The molecule has 1 aliphatic heterocycles. The van der Waals surface area contributed by atoms with Crippen LogP contribution >= 0.6 is 11.6 Å². The Morgan fingerprint density at radius 1 is 1.02 bits per heavy atom. The molecule has 0 aliphatic carbocycles. The molecule has 4 rings (SSSR count). The van der Waals surface area contributed by atoms with Crippen molar-refractivity contribution in [3.05, 3.63) is 59.8 Å². The Hall–Kier alpha value is -3.94. The largest absolute Gasteiger partial charge is 0.371 e. The predicted octanol–water partition coefficient (Wildman–Crippen LogP) is 5.20. The zero-order chi connectivity index (χ0) is 32.4. The molecule has 14 heteroatoms. The topological polar surface area (TPSA) is 166 Å². The molecule has 0 unspecified atom stereocenters. The van der Waals surface area contributed by atoms with Crippen LogP contribution in [0.25, 0.3) is 0 Å². The summed E-state index contributed by atoms with van der Waals surface area (Å²) in [5, 5.41) is 17.4. The fourth-order valence-electron chi connectivity index (χ4n) is 5.00. The number of unbranched alkanes of at least 4 members (excludes halogenated alkanes) is 2. The van der Waals surface area contributed by atoms with Crippen molar-refractivity contribution < 1.29 is 23.2 Å². The minimum atomic E-state index is -3.53. The number of benzene rings is 2. The number of hydroxylamine groups is 1. The van der Waals surface area contributed by atoms with Crippen molar-refractivity contribution in [1.29, 1.82) is 0 Å². The molecule has 242 valence electrons. The van der Waals surface area contributed by atoms with E-state index in [1.54, 1.807) is 43.6 Å². The quantitative estimate of drug-likeness (QED) is 0.0884. The van der Waals surface area contributed by atoms with Gasteiger partial charge in [-0.3, -0.25) is 14.8 Å². The Kier molecular flexibility index (Phi) is 12.0. The highest BCUT2D eigenvalue weighted by atomic mass is 35.5. The third kappa shape index (κ3) is 9.28. The van der Waals surface area contributed by atoms with Crippen LogP contribution in [0.5, 0.6) is 0 Å². The summed E-state index contributed by atoms with van der Waals surface area (Å²) < 4.78 is 25.7. The Morgan fingerprint density at radius 3 is 2.42 bits per heavy atom. The van der Waals surface area contributed by atoms with Crippen LogP contribution in [0.4, 0.5) is 28.8 Å². The lowest BCUT2D eigenvalue weighted by Crippen LogP contribution is -2.40. The Bertz CT molecular complexity index is 1560. The molecule has 0 spiro atoms. The van der Waals surface area contributed by atoms with Gasteiger partial charge in [0.2, 0.25) is 17.8 Å². The molecule has 5 N–H and O–H groups in total. The van der Waals surface area contributed by atoms with Gasteiger partial charge in [0.15, 0.2) is 15.7 Å². The third-order valence-electron chi connectivity index (χ3n) is 7.67. The zero-order valence-corrected chi connectivity index (χ0v) is 27.0. The summed E-state index contributed by atoms with van der Waals surface area (Å²) in [4.78, 5) is 34.8. The van der Waals surface area contributed by atoms with Crippen LogP contribution in [-0.2, 0) is 19.4 Å². The first-order valence-electron chi connectivity index (χ1n) is 15.0. The number of hydrogen-bond acceptors (Lipinski definition) is 10. The minimum absolute atomic E-state index is 0.0235. The Morgan fingerprint density at radius 2 is 1.73 bits per heavy atom. The fraction of sp³-hybridized carbons (Fsp3) is 0.419. The van der Waals surface area contributed by atoms with Gasteiger partial charge in [-0.1, -0.05) is 30.2 Å². The minimum Gasteiger partial charge on any atom is -0.371 e. The first-order chi connectivity index (χ1) is 21.6. The molecule has 12 nitrogen and oxygen atoms in total. The molecule has 0 radical (unpaired) electrons. The molecule has 1 fully saturated rings. The summed E-state index contributed by atoms with van der Waals surface area (Å²) in [6, 6.07) is 14.5. The molecule has 2 aromatic carbocycles. The SMILES string of the molecule is CC(C)S(=O)(=O)c1ccccc1Nc1nc(Nc2ccc(N3CCC(C(=O)NCCCCCC(=O)NO)CC3)cc2)ncc1Cl. The number of hydrogen-bond donors (Lipinski definition) is 5. The van der Waals surface area contributed by atoms with Crippen molar-refractivity contribution in [2.75, 3.05) is 35.2 Å². The van der Waals surface area contributed by atoms with Crippen molar-refractivity contribution in [3.63, 3.8) is 0 Å². The van der Waals surface area contributed by atoms with Crippen molar-refractivity contribution in [3.8, 4) is 0 Å². The van der Waals surface area contributed by atoms with Gasteiger partial charge in [-0.15, -0.1) is 0 Å². The first kappa shape index (κ1) is 33.9. The lowest BCUT2D eigenvalue weighted by Gasteiger charge is -2.33. The molecule has 45 heavy (non-hydrogen) atoms. The van der Waals surface area contributed by atoms with Crippen molar-refractivity contribution in [2.24, 2.45) is 5.92 Å². The maximum atomic E-state index is 12.9. The summed E-state index contributed by atoms with van der Waals surface area (Å²) in [7, 11) is -3.53. The molecule has 2 amide bonds. The number of nitrogens with zero attached hydrogens (tertiary/aromatic N) is 3. The molecule has 1 aromatic heterocycles. The van der Waals surface area contributed by atoms with E-state index in [1.807, 2.05) is 24.3 Å². The second-order valence-electron chi connectivity index (χ2n) is 11.2. The number of anilines is 5. The van der Waals surface area contributed by atoms with Gasteiger partial charge < -0.3 is 20.9 Å². The van der Waals surface area contributed by atoms with Crippen LogP contribution in [0.1, 0.15) is 52.4 Å². The van der Waals surface area contributed by atoms with Crippen LogP contribution in [-0.4, -0.2) is 60.3 Å².